The number of rotatable bonds is 4. The van der Waals surface area contributed by atoms with E-state index in [0.717, 1.165) is 24.9 Å². The number of ether oxygens (including phenoxy) is 1. The largest absolute Gasteiger partial charge is 0.493 e. The molecule has 1 N–H and O–H groups in total. The fraction of sp³-hybridized carbons (Fsp3) is 0.526. The minimum atomic E-state index is -0.0637. The van der Waals surface area contributed by atoms with Crippen LogP contribution in [-0.4, -0.2) is 49.2 Å². The summed E-state index contributed by atoms with van der Waals surface area (Å²) in [5.74, 6) is 0.644. The van der Waals surface area contributed by atoms with E-state index in [1.54, 1.807) is 13.1 Å². The first-order valence-corrected chi connectivity index (χ1v) is 8.93. The average Bonchev–Trinajstić information content (AvgIpc) is 3.06. The highest BCUT2D eigenvalue weighted by atomic mass is 16.5. The normalized spacial score (nSPS) is 17.8. The molecule has 1 saturated heterocycles. The van der Waals surface area contributed by atoms with Crippen LogP contribution < -0.4 is 10.1 Å². The maximum atomic E-state index is 12.7. The van der Waals surface area contributed by atoms with Gasteiger partial charge < -0.3 is 15.0 Å². The van der Waals surface area contributed by atoms with Gasteiger partial charge >= 0.3 is 0 Å². The predicted molar refractivity (Wildman–Crippen MR) is 98.9 cm³/mol. The van der Waals surface area contributed by atoms with Crippen LogP contribution in [-0.2, 0) is 4.79 Å². The molecular weight excluding hydrogens is 318 g/mol. The summed E-state index contributed by atoms with van der Waals surface area (Å²) >= 11 is 0. The summed E-state index contributed by atoms with van der Waals surface area (Å²) in [5, 5.41) is 2.56. The molecule has 2 aliphatic heterocycles. The van der Waals surface area contributed by atoms with Gasteiger partial charge in [0, 0.05) is 25.9 Å². The molecule has 25 heavy (non-hydrogen) atoms. The van der Waals surface area contributed by atoms with Crippen molar-refractivity contribution in [1.82, 2.24) is 10.2 Å². The molecule has 2 heterocycles. The number of hydrogen-bond donors (Lipinski definition) is 1. The molecule has 136 valence electrons. The van der Waals surface area contributed by atoms with Crippen LogP contribution in [0.1, 0.15) is 49.0 Å². The third kappa shape index (κ3) is 4.18. The molecule has 0 unspecified atom stereocenters. The zero-order chi connectivity index (χ0) is 18.4. The zero-order valence-electron chi connectivity index (χ0n) is 15.5. The van der Waals surface area contributed by atoms with Crippen LogP contribution in [0.4, 0.5) is 5.69 Å². The number of nitrogens with zero attached hydrogens (tertiary/aromatic N) is 2. The molecular formula is C19H27N3O3. The highest BCUT2D eigenvalue weighted by Gasteiger charge is 2.32. The minimum Gasteiger partial charge on any atom is -0.493 e. The first-order valence-electron chi connectivity index (χ1n) is 8.93. The lowest BCUT2D eigenvalue weighted by Gasteiger charge is -2.20. The Morgan fingerprint density at radius 3 is 2.88 bits per heavy atom. The maximum absolute atomic E-state index is 12.7. The summed E-state index contributed by atoms with van der Waals surface area (Å²) in [6.07, 6.45) is 4.15. The number of benzene rings is 1. The molecule has 0 spiro atoms. The highest BCUT2D eigenvalue weighted by Crippen LogP contribution is 2.33. The topological polar surface area (TPSA) is 71.0 Å². The lowest BCUT2D eigenvalue weighted by molar-refractivity contribution is -0.121. The van der Waals surface area contributed by atoms with Crippen molar-refractivity contribution in [2.45, 2.75) is 46.1 Å². The van der Waals surface area contributed by atoms with Crippen molar-refractivity contribution in [3.05, 3.63) is 23.3 Å². The van der Waals surface area contributed by atoms with Crippen LogP contribution in [0.5, 0.6) is 5.75 Å². The molecule has 0 saturated carbocycles. The van der Waals surface area contributed by atoms with E-state index in [2.05, 4.69) is 10.3 Å². The number of nitrogens with one attached hydrogen (secondary N) is 1. The Balaban J connectivity index is 0.00000109. The summed E-state index contributed by atoms with van der Waals surface area (Å²) in [6.45, 7) is 6.99. The van der Waals surface area contributed by atoms with Crippen molar-refractivity contribution in [2.24, 2.45) is 4.99 Å². The van der Waals surface area contributed by atoms with Crippen molar-refractivity contribution in [2.75, 3.05) is 20.2 Å². The monoisotopic (exact) mass is 345 g/mol. The lowest BCUT2D eigenvalue weighted by Crippen LogP contribution is -2.35. The molecule has 6 nitrogen and oxygen atoms in total. The van der Waals surface area contributed by atoms with Crippen molar-refractivity contribution in [1.29, 1.82) is 0 Å². The molecule has 0 aromatic heterocycles. The molecule has 1 atom stereocenters. The number of hydrogen-bond acceptors (Lipinski definition) is 4. The molecule has 1 fully saturated rings. The second kappa shape index (κ2) is 8.65. The van der Waals surface area contributed by atoms with Gasteiger partial charge in [-0.25, -0.2) is 0 Å². The van der Waals surface area contributed by atoms with Gasteiger partial charge in [0.1, 0.15) is 5.75 Å². The van der Waals surface area contributed by atoms with Crippen LogP contribution in [0.3, 0.4) is 0 Å². The number of carbonyl (C=O) groups excluding carboxylic acids is 2. The van der Waals surface area contributed by atoms with Gasteiger partial charge in [-0.15, -0.1) is 0 Å². The summed E-state index contributed by atoms with van der Waals surface area (Å²) in [6, 6.07) is 3.74. The van der Waals surface area contributed by atoms with Gasteiger partial charge in [-0.3, -0.25) is 14.6 Å². The SMILES string of the molecule is CC.CNC(=O)CCOc1cc2c(cc1C)C(=O)N1CCC[C@H]1C=N2. The highest BCUT2D eigenvalue weighted by molar-refractivity contribution is 6.03. The fourth-order valence-corrected chi connectivity index (χ4v) is 3.01. The molecule has 3 rings (SSSR count). The summed E-state index contributed by atoms with van der Waals surface area (Å²) < 4.78 is 5.69. The van der Waals surface area contributed by atoms with E-state index < -0.39 is 0 Å². The Hall–Kier alpha value is -2.37. The van der Waals surface area contributed by atoms with Gasteiger partial charge in [0.15, 0.2) is 0 Å². The van der Waals surface area contributed by atoms with Crippen LogP contribution in [0.2, 0.25) is 0 Å². The Bertz CT molecular complexity index is 670. The van der Waals surface area contributed by atoms with E-state index in [1.165, 1.54) is 0 Å². The van der Waals surface area contributed by atoms with Gasteiger partial charge in [-0.05, 0) is 31.4 Å². The third-order valence-electron chi connectivity index (χ3n) is 4.34. The number of carbonyl (C=O) groups is 2. The lowest BCUT2D eigenvalue weighted by atomic mass is 10.1. The second-order valence-electron chi connectivity index (χ2n) is 5.89. The Morgan fingerprint density at radius 1 is 1.40 bits per heavy atom. The summed E-state index contributed by atoms with van der Waals surface area (Å²) in [7, 11) is 1.60. The molecule has 1 aromatic rings. The van der Waals surface area contributed by atoms with Crippen LogP contribution in [0.15, 0.2) is 17.1 Å². The number of aliphatic imine (C=N–C) groups is 1. The predicted octanol–water partition coefficient (Wildman–Crippen LogP) is 2.86. The molecule has 6 heteroatoms. The van der Waals surface area contributed by atoms with Crippen molar-refractivity contribution in [3.8, 4) is 5.75 Å². The molecule has 0 bridgehead atoms. The van der Waals surface area contributed by atoms with E-state index in [0.29, 0.717) is 30.0 Å². The first kappa shape index (κ1) is 19.0. The standard InChI is InChI=1S/C17H21N3O3.C2H6/c1-11-8-13-14(9-15(11)23-7-5-16(21)18-2)19-10-12-4-3-6-20(12)17(13)22;1-2/h8-10,12H,3-7H2,1-2H3,(H,18,21);1-2H3/t12-;/m0./s1. The number of amides is 2. The minimum absolute atomic E-state index is 0.0417. The Labute approximate surface area is 149 Å². The van der Waals surface area contributed by atoms with E-state index in [1.807, 2.05) is 38.0 Å². The molecule has 0 radical (unpaired) electrons. The Kier molecular flexibility index (Phi) is 6.56. The quantitative estimate of drug-likeness (QED) is 0.912. The molecule has 0 aliphatic carbocycles. The van der Waals surface area contributed by atoms with Gasteiger partial charge in [-0.2, -0.15) is 0 Å². The van der Waals surface area contributed by atoms with Crippen molar-refractivity contribution < 1.29 is 14.3 Å². The number of aryl methyl sites for hydroxylation is 1. The molecule has 2 aliphatic rings. The first-order chi connectivity index (χ1) is 12.1. The summed E-state index contributed by atoms with van der Waals surface area (Å²) in [5.41, 5.74) is 2.15. The van der Waals surface area contributed by atoms with Crippen LogP contribution in [0.25, 0.3) is 0 Å². The van der Waals surface area contributed by atoms with E-state index in [-0.39, 0.29) is 17.9 Å². The van der Waals surface area contributed by atoms with Gasteiger partial charge in [0.2, 0.25) is 5.91 Å². The fourth-order valence-electron chi connectivity index (χ4n) is 3.01. The van der Waals surface area contributed by atoms with Gasteiger partial charge in [0.25, 0.3) is 5.91 Å². The van der Waals surface area contributed by atoms with E-state index in [9.17, 15) is 9.59 Å². The van der Waals surface area contributed by atoms with Crippen LogP contribution in [0, 0.1) is 6.92 Å². The smallest absolute Gasteiger partial charge is 0.256 e. The van der Waals surface area contributed by atoms with Crippen molar-refractivity contribution in [3.63, 3.8) is 0 Å². The summed E-state index contributed by atoms with van der Waals surface area (Å²) in [4.78, 5) is 30.3. The van der Waals surface area contributed by atoms with Crippen LogP contribution >= 0.6 is 0 Å². The van der Waals surface area contributed by atoms with E-state index >= 15 is 0 Å². The number of fused-ring (bicyclic) bond motifs is 2. The third-order valence-corrected chi connectivity index (χ3v) is 4.34. The van der Waals surface area contributed by atoms with Gasteiger partial charge in [-0.1, -0.05) is 13.8 Å². The molecule has 2 amide bonds. The van der Waals surface area contributed by atoms with E-state index in [4.69, 9.17) is 4.74 Å². The average molecular weight is 345 g/mol. The maximum Gasteiger partial charge on any atom is 0.256 e. The second-order valence-corrected chi connectivity index (χ2v) is 5.89. The van der Waals surface area contributed by atoms with Crippen molar-refractivity contribution >= 4 is 23.7 Å². The molecule has 1 aromatic carbocycles. The van der Waals surface area contributed by atoms with Gasteiger partial charge in [0.05, 0.1) is 30.3 Å². The zero-order valence-corrected chi connectivity index (χ0v) is 15.5. The Morgan fingerprint density at radius 2 is 2.16 bits per heavy atom.